The first-order valence-corrected chi connectivity index (χ1v) is 8.54. The lowest BCUT2D eigenvalue weighted by atomic mass is 10.2. The zero-order chi connectivity index (χ0) is 17.1. The molecule has 0 aliphatic rings. The molecule has 1 aromatic heterocycles. The average Bonchev–Trinajstić information content (AvgIpc) is 3.00. The first-order valence-electron chi connectivity index (χ1n) is 8.16. The van der Waals surface area contributed by atoms with Gasteiger partial charge >= 0.3 is 0 Å². The van der Waals surface area contributed by atoms with E-state index in [9.17, 15) is 0 Å². The van der Waals surface area contributed by atoms with Crippen molar-refractivity contribution in [3.63, 3.8) is 0 Å². The van der Waals surface area contributed by atoms with Crippen LogP contribution in [0, 0.1) is 0 Å². The molecular formula is C21H17ClN2O. The lowest BCUT2D eigenvalue weighted by Crippen LogP contribution is -2.08. The first kappa shape index (κ1) is 15.7. The van der Waals surface area contributed by atoms with Crippen LogP contribution in [-0.2, 0) is 13.2 Å². The lowest BCUT2D eigenvalue weighted by molar-refractivity contribution is 0.291. The summed E-state index contributed by atoms with van der Waals surface area (Å²) in [4.78, 5) is 4.75. The predicted octanol–water partition coefficient (Wildman–Crippen LogP) is 5.32. The number of nitrogens with zero attached hydrogens (tertiary/aromatic N) is 2. The summed E-state index contributed by atoms with van der Waals surface area (Å²) in [5, 5.41) is 0.742. The molecule has 0 fully saturated rings. The fourth-order valence-electron chi connectivity index (χ4n) is 2.85. The fraction of sp³-hybridized carbons (Fsp3) is 0.0952. The molecule has 0 radical (unpaired) electrons. The molecule has 0 aliphatic carbocycles. The Morgan fingerprint density at radius 2 is 1.56 bits per heavy atom. The minimum atomic E-state index is 0.423. The minimum Gasteiger partial charge on any atom is -0.486 e. The van der Waals surface area contributed by atoms with E-state index in [1.54, 1.807) is 0 Å². The van der Waals surface area contributed by atoms with Crippen LogP contribution in [0.1, 0.15) is 11.4 Å². The van der Waals surface area contributed by atoms with Crippen LogP contribution in [0.4, 0.5) is 0 Å². The number of hydrogen-bond acceptors (Lipinski definition) is 2. The van der Waals surface area contributed by atoms with Crippen molar-refractivity contribution in [3.05, 3.63) is 95.3 Å². The van der Waals surface area contributed by atoms with E-state index >= 15 is 0 Å². The Bertz CT molecular complexity index is 978. The van der Waals surface area contributed by atoms with Crippen molar-refractivity contribution in [2.45, 2.75) is 13.2 Å². The van der Waals surface area contributed by atoms with Gasteiger partial charge in [-0.15, -0.1) is 0 Å². The van der Waals surface area contributed by atoms with E-state index in [-0.39, 0.29) is 0 Å². The Morgan fingerprint density at radius 3 is 2.36 bits per heavy atom. The van der Waals surface area contributed by atoms with Gasteiger partial charge in [0.15, 0.2) is 0 Å². The monoisotopic (exact) mass is 348 g/mol. The maximum Gasteiger partial charge on any atom is 0.148 e. The van der Waals surface area contributed by atoms with Gasteiger partial charge in [0.25, 0.3) is 0 Å². The average molecular weight is 349 g/mol. The smallest absolute Gasteiger partial charge is 0.148 e. The van der Waals surface area contributed by atoms with Gasteiger partial charge in [0.05, 0.1) is 11.0 Å². The number of hydrogen-bond donors (Lipinski definition) is 0. The Morgan fingerprint density at radius 1 is 0.840 bits per heavy atom. The van der Waals surface area contributed by atoms with Crippen molar-refractivity contribution in [1.29, 1.82) is 0 Å². The van der Waals surface area contributed by atoms with Gasteiger partial charge in [-0.2, -0.15) is 0 Å². The molecule has 124 valence electrons. The first-order chi connectivity index (χ1) is 12.3. The molecule has 25 heavy (non-hydrogen) atoms. The summed E-state index contributed by atoms with van der Waals surface area (Å²) in [6.45, 7) is 1.15. The van der Waals surface area contributed by atoms with E-state index in [2.05, 4.69) is 10.6 Å². The van der Waals surface area contributed by atoms with Crippen LogP contribution in [0.5, 0.6) is 5.75 Å². The zero-order valence-electron chi connectivity index (χ0n) is 13.6. The SMILES string of the molecule is Clc1ccc(Cn2c(COc3ccccc3)nc3ccccc32)cc1. The second-order valence-electron chi connectivity index (χ2n) is 5.83. The summed E-state index contributed by atoms with van der Waals surface area (Å²) in [7, 11) is 0. The Hall–Kier alpha value is -2.78. The van der Waals surface area contributed by atoms with Crippen molar-refractivity contribution < 1.29 is 4.74 Å². The molecule has 4 heteroatoms. The summed E-state index contributed by atoms with van der Waals surface area (Å²) in [6, 6.07) is 25.9. The van der Waals surface area contributed by atoms with Crippen LogP contribution >= 0.6 is 11.6 Å². The number of benzene rings is 3. The number of halogens is 1. The van der Waals surface area contributed by atoms with E-state index in [0.29, 0.717) is 6.61 Å². The number of aromatic nitrogens is 2. The summed E-state index contributed by atoms with van der Waals surface area (Å²) >= 11 is 6.00. The second-order valence-corrected chi connectivity index (χ2v) is 6.27. The van der Waals surface area contributed by atoms with Gasteiger partial charge in [-0.25, -0.2) is 4.98 Å². The van der Waals surface area contributed by atoms with Crippen LogP contribution in [0.15, 0.2) is 78.9 Å². The van der Waals surface area contributed by atoms with Gasteiger partial charge < -0.3 is 9.30 Å². The molecule has 4 aromatic rings. The van der Waals surface area contributed by atoms with Crippen molar-refractivity contribution >= 4 is 22.6 Å². The normalized spacial score (nSPS) is 10.9. The molecule has 1 heterocycles. The Labute approximate surface area is 151 Å². The van der Waals surface area contributed by atoms with Crippen LogP contribution < -0.4 is 4.74 Å². The number of fused-ring (bicyclic) bond motifs is 1. The molecule has 3 nitrogen and oxygen atoms in total. The Kier molecular flexibility index (Phi) is 4.40. The maximum atomic E-state index is 6.00. The molecule has 0 spiro atoms. The van der Waals surface area contributed by atoms with Crippen LogP contribution in [0.3, 0.4) is 0 Å². The molecule has 0 N–H and O–H groups in total. The van der Waals surface area contributed by atoms with Crippen LogP contribution in [-0.4, -0.2) is 9.55 Å². The zero-order valence-corrected chi connectivity index (χ0v) is 14.4. The quantitative estimate of drug-likeness (QED) is 0.488. The second kappa shape index (κ2) is 6.99. The molecule has 0 saturated carbocycles. The van der Waals surface area contributed by atoms with Gasteiger partial charge in [-0.05, 0) is 42.0 Å². The van der Waals surface area contributed by atoms with Crippen molar-refractivity contribution in [2.24, 2.45) is 0 Å². The number of ether oxygens (including phenoxy) is 1. The van der Waals surface area contributed by atoms with Crippen LogP contribution in [0.2, 0.25) is 5.02 Å². The maximum absolute atomic E-state index is 6.00. The molecule has 0 unspecified atom stereocenters. The number of imidazole rings is 1. The molecule has 3 aromatic carbocycles. The minimum absolute atomic E-state index is 0.423. The highest BCUT2D eigenvalue weighted by Crippen LogP contribution is 2.20. The highest BCUT2D eigenvalue weighted by molar-refractivity contribution is 6.30. The van der Waals surface area contributed by atoms with Gasteiger partial charge in [0.1, 0.15) is 18.2 Å². The van der Waals surface area contributed by atoms with Gasteiger partial charge in [0.2, 0.25) is 0 Å². The van der Waals surface area contributed by atoms with Crippen LogP contribution in [0.25, 0.3) is 11.0 Å². The Balaban J connectivity index is 1.66. The number of para-hydroxylation sites is 3. The van der Waals surface area contributed by atoms with Crippen molar-refractivity contribution in [3.8, 4) is 5.75 Å². The molecule has 0 amide bonds. The van der Waals surface area contributed by atoms with E-state index in [0.717, 1.165) is 34.2 Å². The topological polar surface area (TPSA) is 27.1 Å². The molecule has 0 atom stereocenters. The van der Waals surface area contributed by atoms with E-state index in [1.165, 1.54) is 5.56 Å². The largest absolute Gasteiger partial charge is 0.486 e. The molecule has 0 bridgehead atoms. The summed E-state index contributed by atoms with van der Waals surface area (Å²) < 4.78 is 8.11. The van der Waals surface area contributed by atoms with Crippen molar-refractivity contribution in [1.82, 2.24) is 9.55 Å². The number of rotatable bonds is 5. The third-order valence-electron chi connectivity index (χ3n) is 4.10. The van der Waals surface area contributed by atoms with E-state index in [1.807, 2.05) is 72.8 Å². The highest BCUT2D eigenvalue weighted by Gasteiger charge is 2.11. The fourth-order valence-corrected chi connectivity index (χ4v) is 2.97. The summed E-state index contributed by atoms with van der Waals surface area (Å²) in [5.74, 6) is 1.74. The molecule has 4 rings (SSSR count). The predicted molar refractivity (Wildman–Crippen MR) is 101 cm³/mol. The summed E-state index contributed by atoms with van der Waals surface area (Å²) in [5.41, 5.74) is 3.25. The van der Waals surface area contributed by atoms with Crippen molar-refractivity contribution in [2.75, 3.05) is 0 Å². The highest BCUT2D eigenvalue weighted by atomic mass is 35.5. The third kappa shape index (κ3) is 3.52. The lowest BCUT2D eigenvalue weighted by Gasteiger charge is -2.11. The molecule has 0 aliphatic heterocycles. The summed E-state index contributed by atoms with van der Waals surface area (Å²) in [6.07, 6.45) is 0. The molecule has 0 saturated heterocycles. The van der Waals surface area contributed by atoms with Gasteiger partial charge in [-0.3, -0.25) is 0 Å². The third-order valence-corrected chi connectivity index (χ3v) is 4.35. The van der Waals surface area contributed by atoms with Gasteiger partial charge in [-0.1, -0.05) is 54.1 Å². The van der Waals surface area contributed by atoms with Gasteiger partial charge in [0, 0.05) is 11.6 Å². The van der Waals surface area contributed by atoms with E-state index in [4.69, 9.17) is 21.3 Å². The standard InChI is InChI=1S/C21H17ClN2O/c22-17-12-10-16(11-13-17)14-24-20-9-5-4-8-19(20)23-21(24)15-25-18-6-2-1-3-7-18/h1-13H,14-15H2. The van der Waals surface area contributed by atoms with E-state index < -0.39 is 0 Å². The molecular weight excluding hydrogens is 332 g/mol.